The van der Waals surface area contributed by atoms with Crippen LogP contribution in [-0.4, -0.2) is 18.1 Å². The Bertz CT molecular complexity index is 339. The van der Waals surface area contributed by atoms with Crippen LogP contribution in [0.5, 0.6) is 0 Å². The zero-order chi connectivity index (χ0) is 11.1. The van der Waals surface area contributed by atoms with Crippen LogP contribution < -0.4 is 5.73 Å². The molecule has 0 amide bonds. The predicted molar refractivity (Wildman–Crippen MR) is 69.0 cm³/mol. The summed E-state index contributed by atoms with van der Waals surface area (Å²) in [5.41, 5.74) is 5.74. The number of nitrogens with two attached hydrogens (primary N) is 1. The van der Waals surface area contributed by atoms with Gasteiger partial charge in [-0.25, -0.2) is 0 Å². The van der Waals surface area contributed by atoms with Crippen molar-refractivity contribution in [3.63, 3.8) is 0 Å². The highest BCUT2D eigenvalue weighted by Gasteiger charge is 2.00. The molecule has 0 heterocycles. The van der Waals surface area contributed by atoms with Crippen molar-refractivity contribution in [2.24, 2.45) is 10.7 Å². The maximum Gasteiger partial charge on any atom is 0.104 e. The summed E-state index contributed by atoms with van der Waals surface area (Å²) in [4.78, 5) is 5.27. The van der Waals surface area contributed by atoms with E-state index in [1.807, 2.05) is 24.3 Å². The molecule has 0 saturated heterocycles. The minimum Gasteiger partial charge on any atom is -0.387 e. The number of aliphatic imine (C=N–C) groups is 1. The Morgan fingerprint density at radius 3 is 2.87 bits per heavy atom. The van der Waals surface area contributed by atoms with Gasteiger partial charge in [-0.05, 0) is 18.6 Å². The summed E-state index contributed by atoms with van der Waals surface area (Å²) < 4.78 is 0. The minimum atomic E-state index is 0.682. The first-order chi connectivity index (χ1) is 7.24. The second-order valence-corrected chi connectivity index (χ2v) is 4.52. The summed E-state index contributed by atoms with van der Waals surface area (Å²) in [5.74, 6) is 1.38. The Morgan fingerprint density at radius 2 is 2.20 bits per heavy atom. The van der Waals surface area contributed by atoms with Crippen molar-refractivity contribution in [2.75, 3.05) is 12.3 Å². The summed E-state index contributed by atoms with van der Waals surface area (Å²) in [6.45, 7) is 2.88. The van der Waals surface area contributed by atoms with E-state index >= 15 is 0 Å². The Kier molecular flexibility index (Phi) is 5.58. The molecule has 4 heteroatoms. The molecule has 1 aromatic carbocycles. The second kappa shape index (κ2) is 6.75. The number of thioether (sulfide) groups is 1. The van der Waals surface area contributed by atoms with Crippen LogP contribution in [0.1, 0.15) is 13.3 Å². The van der Waals surface area contributed by atoms with Gasteiger partial charge >= 0.3 is 0 Å². The molecule has 82 valence electrons. The van der Waals surface area contributed by atoms with E-state index in [-0.39, 0.29) is 0 Å². The third kappa shape index (κ3) is 4.58. The lowest BCUT2D eigenvalue weighted by Gasteiger charge is -2.03. The van der Waals surface area contributed by atoms with E-state index in [0.717, 1.165) is 22.9 Å². The van der Waals surface area contributed by atoms with Gasteiger partial charge in [0.1, 0.15) is 5.84 Å². The fourth-order valence-corrected chi connectivity index (χ4v) is 2.09. The third-order valence-corrected chi connectivity index (χ3v) is 3.30. The third-order valence-electron chi connectivity index (χ3n) is 1.75. The van der Waals surface area contributed by atoms with Crippen molar-refractivity contribution in [3.8, 4) is 0 Å². The van der Waals surface area contributed by atoms with Crippen molar-refractivity contribution in [1.82, 2.24) is 0 Å². The summed E-state index contributed by atoms with van der Waals surface area (Å²) in [6.07, 6.45) is 1.03. The number of hydrogen-bond donors (Lipinski definition) is 1. The normalized spacial score (nSPS) is 11.7. The lowest BCUT2D eigenvalue weighted by Crippen LogP contribution is -2.15. The quantitative estimate of drug-likeness (QED) is 0.489. The summed E-state index contributed by atoms with van der Waals surface area (Å²) in [7, 11) is 0. The van der Waals surface area contributed by atoms with Gasteiger partial charge in [0, 0.05) is 11.4 Å². The highest BCUT2D eigenvalue weighted by molar-refractivity contribution is 8.00. The van der Waals surface area contributed by atoms with Crippen LogP contribution in [0.2, 0.25) is 5.02 Å². The molecule has 1 aromatic rings. The minimum absolute atomic E-state index is 0.682. The van der Waals surface area contributed by atoms with Crippen LogP contribution in [0.25, 0.3) is 0 Å². The molecule has 0 aliphatic heterocycles. The molecular formula is C11H15ClN2S. The molecule has 0 aliphatic rings. The molecule has 15 heavy (non-hydrogen) atoms. The maximum absolute atomic E-state index is 6.01. The zero-order valence-electron chi connectivity index (χ0n) is 8.74. The number of halogens is 1. The van der Waals surface area contributed by atoms with E-state index in [0.29, 0.717) is 11.6 Å². The van der Waals surface area contributed by atoms with Gasteiger partial charge < -0.3 is 5.73 Å². The highest BCUT2D eigenvalue weighted by atomic mass is 35.5. The Balaban J connectivity index is 2.47. The van der Waals surface area contributed by atoms with Gasteiger partial charge in [0.25, 0.3) is 0 Å². The first kappa shape index (κ1) is 12.4. The van der Waals surface area contributed by atoms with Crippen LogP contribution in [0, 0.1) is 0 Å². The van der Waals surface area contributed by atoms with Crippen LogP contribution >= 0.6 is 23.4 Å². The van der Waals surface area contributed by atoms with E-state index in [1.54, 1.807) is 11.8 Å². The van der Waals surface area contributed by atoms with Crippen LogP contribution in [-0.2, 0) is 0 Å². The van der Waals surface area contributed by atoms with Gasteiger partial charge in [-0.15, -0.1) is 11.8 Å². The van der Waals surface area contributed by atoms with E-state index < -0.39 is 0 Å². The van der Waals surface area contributed by atoms with Crippen molar-refractivity contribution in [2.45, 2.75) is 18.2 Å². The number of rotatable bonds is 5. The van der Waals surface area contributed by atoms with E-state index in [9.17, 15) is 0 Å². The fraction of sp³-hybridized carbons (Fsp3) is 0.364. The summed E-state index contributed by atoms with van der Waals surface area (Å²) >= 11 is 7.63. The highest BCUT2D eigenvalue weighted by Crippen LogP contribution is 2.26. The lowest BCUT2D eigenvalue weighted by molar-refractivity contribution is 0.929. The van der Waals surface area contributed by atoms with Gasteiger partial charge in [-0.3, -0.25) is 4.99 Å². The molecular weight excluding hydrogens is 228 g/mol. The predicted octanol–water partition coefficient (Wildman–Crippen LogP) is 3.20. The topological polar surface area (TPSA) is 38.4 Å². The van der Waals surface area contributed by atoms with Crippen LogP contribution in [0.3, 0.4) is 0 Å². The van der Waals surface area contributed by atoms with Gasteiger partial charge in [0.05, 0.1) is 10.8 Å². The van der Waals surface area contributed by atoms with Crippen LogP contribution in [0.15, 0.2) is 34.2 Å². The molecule has 0 aliphatic carbocycles. The first-order valence-electron chi connectivity index (χ1n) is 4.90. The molecule has 0 saturated carbocycles. The van der Waals surface area contributed by atoms with E-state index in [4.69, 9.17) is 17.3 Å². The average Bonchev–Trinajstić information content (AvgIpc) is 2.25. The molecule has 0 spiro atoms. The molecule has 0 radical (unpaired) electrons. The van der Waals surface area contributed by atoms with E-state index in [1.165, 1.54) is 0 Å². The Labute approximate surface area is 99.9 Å². The molecule has 1 rings (SSSR count). The van der Waals surface area contributed by atoms with E-state index in [2.05, 4.69) is 11.9 Å². The van der Waals surface area contributed by atoms with Gasteiger partial charge in [0.2, 0.25) is 0 Å². The monoisotopic (exact) mass is 242 g/mol. The SMILES string of the molecule is CCCN=C(N)CSc1ccccc1Cl. The lowest BCUT2D eigenvalue weighted by atomic mass is 10.4. The van der Waals surface area contributed by atoms with Gasteiger partial charge in [0.15, 0.2) is 0 Å². The average molecular weight is 243 g/mol. The Hall–Kier alpha value is -0.670. The summed E-state index contributed by atoms with van der Waals surface area (Å²) in [6, 6.07) is 7.75. The molecule has 0 atom stereocenters. The molecule has 0 bridgehead atoms. The van der Waals surface area contributed by atoms with Crippen molar-refractivity contribution >= 4 is 29.2 Å². The first-order valence-corrected chi connectivity index (χ1v) is 6.26. The largest absolute Gasteiger partial charge is 0.387 e. The van der Waals surface area contributed by atoms with Crippen molar-refractivity contribution in [3.05, 3.63) is 29.3 Å². The molecule has 0 aromatic heterocycles. The molecule has 0 unspecified atom stereocenters. The second-order valence-electron chi connectivity index (χ2n) is 3.09. The smallest absolute Gasteiger partial charge is 0.104 e. The molecule has 0 fully saturated rings. The number of nitrogens with zero attached hydrogens (tertiary/aromatic N) is 1. The molecule has 2 N–H and O–H groups in total. The summed E-state index contributed by atoms with van der Waals surface area (Å²) in [5, 5.41) is 0.769. The standard InChI is InChI=1S/C11H15ClN2S/c1-2-7-14-11(13)8-15-10-6-4-3-5-9(10)12/h3-6H,2,7-8H2,1H3,(H2,13,14). The number of amidine groups is 1. The maximum atomic E-state index is 6.01. The Morgan fingerprint density at radius 1 is 1.47 bits per heavy atom. The number of benzene rings is 1. The zero-order valence-corrected chi connectivity index (χ0v) is 10.3. The van der Waals surface area contributed by atoms with Gasteiger partial charge in [-0.2, -0.15) is 0 Å². The van der Waals surface area contributed by atoms with Crippen molar-refractivity contribution < 1.29 is 0 Å². The molecule has 2 nitrogen and oxygen atoms in total. The van der Waals surface area contributed by atoms with Crippen molar-refractivity contribution in [1.29, 1.82) is 0 Å². The van der Waals surface area contributed by atoms with Gasteiger partial charge in [-0.1, -0.05) is 30.7 Å². The fourth-order valence-electron chi connectivity index (χ4n) is 1.01. The van der Waals surface area contributed by atoms with Crippen LogP contribution in [0.4, 0.5) is 0 Å². The number of hydrogen-bond acceptors (Lipinski definition) is 2.